The molecule has 0 unspecified atom stereocenters. The summed E-state index contributed by atoms with van der Waals surface area (Å²) >= 11 is 20.9. The molecule has 1 N–H and O–H groups in total. The number of imide groups is 1. The lowest BCUT2D eigenvalue weighted by molar-refractivity contribution is -0.146. The number of hydrogen-bond donors (Lipinski definition) is 1. The lowest BCUT2D eigenvalue weighted by atomic mass is 9.54. The summed E-state index contributed by atoms with van der Waals surface area (Å²) in [6, 6.07) is 27.5. The number of benzene rings is 4. The zero-order valence-electron chi connectivity index (χ0n) is 22.2. The molecule has 1 heterocycles. The number of rotatable bonds is 5. The minimum Gasteiger partial charge on any atom is -0.457 e. The van der Waals surface area contributed by atoms with Gasteiger partial charge in [0.05, 0.1) is 11.8 Å². The summed E-state index contributed by atoms with van der Waals surface area (Å²) in [6.45, 7) is 1.53. The van der Waals surface area contributed by atoms with E-state index < -0.39 is 45.3 Å². The molecule has 6 nitrogen and oxygen atoms in total. The molecule has 4 aromatic carbocycles. The van der Waals surface area contributed by atoms with Crippen molar-refractivity contribution in [3.8, 4) is 11.5 Å². The molecule has 3 aliphatic carbocycles. The van der Waals surface area contributed by atoms with Crippen LogP contribution in [0.4, 0.5) is 5.69 Å². The molecule has 0 spiro atoms. The van der Waals surface area contributed by atoms with Crippen molar-refractivity contribution < 1.29 is 19.1 Å². The summed E-state index contributed by atoms with van der Waals surface area (Å²) in [5, 5.41) is 3.41. The zero-order valence-corrected chi connectivity index (χ0v) is 24.5. The molecule has 3 amide bonds. The van der Waals surface area contributed by atoms with E-state index in [1.54, 1.807) is 48.5 Å². The molecule has 0 saturated carbocycles. The van der Waals surface area contributed by atoms with Gasteiger partial charge in [-0.1, -0.05) is 60.1 Å². The Morgan fingerprint density at radius 1 is 0.738 bits per heavy atom. The third-order valence-electron chi connectivity index (χ3n) is 8.56. The first-order valence-corrected chi connectivity index (χ1v) is 14.6. The van der Waals surface area contributed by atoms with Gasteiger partial charge in [0.2, 0.25) is 17.7 Å². The number of carbonyl (C=O) groups excluding carboxylic acids is 3. The highest BCUT2D eigenvalue weighted by atomic mass is 35.5. The molecule has 210 valence electrons. The summed E-state index contributed by atoms with van der Waals surface area (Å²) in [5.74, 6) is -2.29. The quantitative estimate of drug-likeness (QED) is 0.192. The average Bonchev–Trinajstić information content (AvgIpc) is 3.28. The number of nitrogens with zero attached hydrogens (tertiary/aromatic N) is 1. The first-order chi connectivity index (χ1) is 20.2. The fourth-order valence-electron chi connectivity index (χ4n) is 6.68. The summed E-state index contributed by atoms with van der Waals surface area (Å²) < 4.78 is 5.81. The monoisotopic (exact) mass is 616 g/mol. The number of amides is 3. The van der Waals surface area contributed by atoms with Crippen LogP contribution in [0, 0.1) is 11.8 Å². The summed E-state index contributed by atoms with van der Waals surface area (Å²) in [4.78, 5) is 40.1. The summed E-state index contributed by atoms with van der Waals surface area (Å²) in [7, 11) is 0. The molecule has 9 heteroatoms. The van der Waals surface area contributed by atoms with E-state index in [1.807, 2.05) is 48.5 Å². The van der Waals surface area contributed by atoms with Crippen molar-refractivity contribution in [3.05, 3.63) is 124 Å². The largest absolute Gasteiger partial charge is 0.457 e. The van der Waals surface area contributed by atoms with Crippen LogP contribution in [0.2, 0.25) is 5.02 Å². The van der Waals surface area contributed by atoms with E-state index in [0.29, 0.717) is 44.5 Å². The highest BCUT2D eigenvalue weighted by molar-refractivity contribution is 6.36. The number of nitrogens with one attached hydrogen (secondary N) is 1. The maximum absolute atomic E-state index is 14.1. The Morgan fingerprint density at radius 2 is 1.14 bits per heavy atom. The van der Waals surface area contributed by atoms with Gasteiger partial charge in [-0.05, 0) is 77.7 Å². The number of ether oxygens (including phenoxy) is 1. The van der Waals surface area contributed by atoms with Gasteiger partial charge in [-0.2, -0.15) is 0 Å². The fraction of sp³-hybridized carbons (Fsp3) is 0.182. The van der Waals surface area contributed by atoms with E-state index in [-0.39, 0.29) is 0 Å². The maximum Gasteiger partial charge on any atom is 0.247 e. The number of alkyl halides is 2. The van der Waals surface area contributed by atoms with Gasteiger partial charge in [0.15, 0.2) is 0 Å². The van der Waals surface area contributed by atoms with E-state index >= 15 is 0 Å². The number of halogens is 3. The van der Waals surface area contributed by atoms with Crippen LogP contribution in [-0.4, -0.2) is 28.7 Å². The number of likely N-dealkylation sites (tertiary alicyclic amines) is 1. The first-order valence-electron chi connectivity index (χ1n) is 13.4. The van der Waals surface area contributed by atoms with Gasteiger partial charge in [0.25, 0.3) is 0 Å². The number of anilines is 1. The predicted octanol–water partition coefficient (Wildman–Crippen LogP) is 7.05. The second-order valence-corrected chi connectivity index (χ2v) is 12.4. The summed E-state index contributed by atoms with van der Waals surface area (Å²) in [5.41, 5.74) is 3.32. The minimum absolute atomic E-state index is 0.481. The predicted molar refractivity (Wildman–Crippen MR) is 161 cm³/mol. The molecule has 1 aliphatic heterocycles. The molecule has 2 bridgehead atoms. The van der Waals surface area contributed by atoms with Crippen LogP contribution in [0.1, 0.15) is 29.2 Å². The Kier molecular flexibility index (Phi) is 6.17. The van der Waals surface area contributed by atoms with Gasteiger partial charge >= 0.3 is 0 Å². The number of carbonyl (C=O) groups is 3. The third-order valence-corrected chi connectivity index (χ3v) is 10.1. The van der Waals surface area contributed by atoms with Crippen LogP contribution >= 0.6 is 34.8 Å². The molecule has 8 rings (SSSR count). The molecule has 42 heavy (non-hydrogen) atoms. The number of hydrogen-bond acceptors (Lipinski definition) is 4. The lowest BCUT2D eigenvalue weighted by Crippen LogP contribution is -2.57. The van der Waals surface area contributed by atoms with Crippen LogP contribution in [0.15, 0.2) is 97.1 Å². The Labute approximate surface area is 257 Å². The van der Waals surface area contributed by atoms with Gasteiger partial charge in [-0.15, -0.1) is 23.2 Å². The molecule has 0 radical (unpaired) electrons. The van der Waals surface area contributed by atoms with E-state index in [1.165, 1.54) is 6.92 Å². The molecular formula is C33H23Cl3N2O4. The van der Waals surface area contributed by atoms with Gasteiger partial charge in [0, 0.05) is 10.7 Å². The molecule has 0 aromatic heterocycles. The SMILES string of the molecule is C[C@H](C(=O)Nc1ccc(Oc2ccc(Cl)cc2)cc1)N1C(=O)[C@H]2[C@H](C1=O)C1(Cl)c3ccccc3C2(Cl)c2ccccc21. The molecule has 3 atom stereocenters. The van der Waals surface area contributed by atoms with Crippen molar-refractivity contribution >= 4 is 58.2 Å². The Balaban J connectivity index is 1.16. The lowest BCUT2D eigenvalue weighted by Gasteiger charge is -2.54. The normalized spacial score (nSPS) is 25.9. The van der Waals surface area contributed by atoms with E-state index in [2.05, 4.69) is 5.32 Å². The highest BCUT2D eigenvalue weighted by Crippen LogP contribution is 2.69. The van der Waals surface area contributed by atoms with Gasteiger partial charge in [-0.25, -0.2) is 0 Å². The van der Waals surface area contributed by atoms with Crippen LogP contribution in [0.3, 0.4) is 0 Å². The van der Waals surface area contributed by atoms with Crippen molar-refractivity contribution in [2.75, 3.05) is 5.32 Å². The molecule has 1 fully saturated rings. The third kappa shape index (κ3) is 3.68. The van der Waals surface area contributed by atoms with Crippen molar-refractivity contribution in [3.63, 3.8) is 0 Å². The molecule has 4 aromatic rings. The average molecular weight is 618 g/mol. The second kappa shape index (κ2) is 9.60. The highest BCUT2D eigenvalue weighted by Gasteiger charge is 2.73. The Hall–Kier alpha value is -3.84. The van der Waals surface area contributed by atoms with E-state index in [0.717, 1.165) is 4.90 Å². The van der Waals surface area contributed by atoms with Crippen molar-refractivity contribution in [1.82, 2.24) is 4.90 Å². The Morgan fingerprint density at radius 3 is 1.57 bits per heavy atom. The standard InChI is InChI=1S/C33H23Cl3N2O4/c1-18(29(39)37-20-12-16-22(17-13-20)42-21-14-10-19(34)11-15-21)38-30(40)27-28(31(38)41)33(36)24-7-3-2-6-23(24)32(27,35)25-8-4-5-9-26(25)33/h2-18,27-28H,1H3,(H,37,39)/t18-,27-,28-,32?,33?/m1/s1. The molecule has 1 saturated heterocycles. The van der Waals surface area contributed by atoms with Gasteiger partial charge in [-0.3, -0.25) is 19.3 Å². The minimum atomic E-state index is -1.30. The van der Waals surface area contributed by atoms with Crippen molar-refractivity contribution in [2.24, 2.45) is 11.8 Å². The van der Waals surface area contributed by atoms with E-state index in [4.69, 9.17) is 39.5 Å². The van der Waals surface area contributed by atoms with Crippen molar-refractivity contribution in [1.29, 1.82) is 0 Å². The van der Waals surface area contributed by atoms with Crippen LogP contribution in [-0.2, 0) is 24.1 Å². The Bertz CT molecular complexity index is 1650. The van der Waals surface area contributed by atoms with Crippen LogP contribution in [0.25, 0.3) is 0 Å². The zero-order chi connectivity index (χ0) is 29.4. The summed E-state index contributed by atoms with van der Waals surface area (Å²) in [6.07, 6.45) is 0. The van der Waals surface area contributed by atoms with Gasteiger partial charge < -0.3 is 10.1 Å². The fourth-order valence-corrected chi connectivity index (χ4v) is 7.90. The van der Waals surface area contributed by atoms with E-state index in [9.17, 15) is 14.4 Å². The molecule has 4 aliphatic rings. The maximum atomic E-state index is 14.1. The molecular weight excluding hydrogens is 595 g/mol. The van der Waals surface area contributed by atoms with Crippen LogP contribution < -0.4 is 10.1 Å². The van der Waals surface area contributed by atoms with Crippen LogP contribution in [0.5, 0.6) is 11.5 Å². The smallest absolute Gasteiger partial charge is 0.247 e. The van der Waals surface area contributed by atoms with Gasteiger partial charge in [0.1, 0.15) is 27.3 Å². The first kappa shape index (κ1) is 27.0. The van der Waals surface area contributed by atoms with Crippen molar-refractivity contribution in [2.45, 2.75) is 22.7 Å². The topological polar surface area (TPSA) is 75.7 Å². The second-order valence-electron chi connectivity index (χ2n) is 10.8.